The van der Waals surface area contributed by atoms with E-state index in [1.54, 1.807) is 6.20 Å². The molecule has 1 amide bonds. The third-order valence-electron chi connectivity index (χ3n) is 3.36. The van der Waals surface area contributed by atoms with Gasteiger partial charge in [0.15, 0.2) is 0 Å². The van der Waals surface area contributed by atoms with Crippen LogP contribution in [0.3, 0.4) is 0 Å². The van der Waals surface area contributed by atoms with E-state index in [0.717, 1.165) is 22.0 Å². The lowest BCUT2D eigenvalue weighted by Gasteiger charge is -2.24. The fourth-order valence-electron chi connectivity index (χ4n) is 2.36. The maximum Gasteiger partial charge on any atom is 0.272 e. The Labute approximate surface area is 146 Å². The number of rotatable bonds is 5. The van der Waals surface area contributed by atoms with E-state index in [0.29, 0.717) is 5.75 Å². The van der Waals surface area contributed by atoms with Crippen LogP contribution in [0.4, 0.5) is 0 Å². The Morgan fingerprint density at radius 3 is 2.67 bits per heavy atom. The highest BCUT2D eigenvalue weighted by Gasteiger charge is 2.24. The van der Waals surface area contributed by atoms with Gasteiger partial charge in [0.2, 0.25) is 5.44 Å². The molecule has 0 fully saturated rings. The number of amides is 1. The molecule has 0 radical (unpaired) electrons. The molecule has 0 aliphatic heterocycles. The molecule has 1 unspecified atom stereocenters. The van der Waals surface area contributed by atoms with E-state index < -0.39 is 5.44 Å². The molecular weight excluding hydrogens is 324 g/mol. The summed E-state index contributed by atoms with van der Waals surface area (Å²) in [4.78, 5) is 16.7. The van der Waals surface area contributed by atoms with Crippen molar-refractivity contribution in [1.29, 1.82) is 0 Å². The first-order valence-electron chi connectivity index (χ1n) is 7.75. The molecule has 24 heavy (non-hydrogen) atoms. The number of aryl methyl sites for hydroxylation is 1. The minimum absolute atomic E-state index is 0.0610. The monoisotopic (exact) mass is 348 g/mol. The summed E-state index contributed by atoms with van der Waals surface area (Å²) in [5.41, 5.74) is 1.62. The highest BCUT2D eigenvalue weighted by Crippen LogP contribution is 2.26. The average Bonchev–Trinajstić information content (AvgIpc) is 2.50. The molecule has 0 aliphatic carbocycles. The predicted octanol–water partition coefficient (Wildman–Crippen LogP) is 3.02. The summed E-state index contributed by atoms with van der Waals surface area (Å²) in [6.45, 7) is 7.69. The summed E-state index contributed by atoms with van der Waals surface area (Å²) in [6.07, 6.45) is 3.50. The number of hydrogen-bond donors (Lipinski definition) is 2. The van der Waals surface area contributed by atoms with Crippen LogP contribution in [0.2, 0.25) is 0 Å². The molecule has 0 bridgehead atoms. The number of pyridine rings is 1. The second kappa shape index (κ2) is 7.40. The molecule has 0 spiro atoms. The number of hydrogen-bond acceptors (Lipinski definition) is 5. The van der Waals surface area contributed by atoms with Gasteiger partial charge in [-0.25, -0.2) is 0 Å². The van der Waals surface area contributed by atoms with Gasteiger partial charge < -0.3 is 15.2 Å². The number of nitrogens with zero attached hydrogens (tertiary/aromatic N) is 1. The Bertz CT molecular complexity index is 741. The highest BCUT2D eigenvalue weighted by molar-refractivity contribution is 7.99. The number of fused-ring (bicyclic) bond motifs is 1. The maximum absolute atomic E-state index is 12.3. The SMILES string of the molecule is CSC(Oc1cc(C)c2ncc(CO)cc2c1)C(=O)NC(C)(C)C. The van der Waals surface area contributed by atoms with Gasteiger partial charge in [-0.3, -0.25) is 9.78 Å². The van der Waals surface area contributed by atoms with Crippen molar-refractivity contribution in [3.63, 3.8) is 0 Å². The molecule has 6 heteroatoms. The van der Waals surface area contributed by atoms with E-state index in [-0.39, 0.29) is 18.1 Å². The van der Waals surface area contributed by atoms with Gasteiger partial charge in [0.05, 0.1) is 12.1 Å². The van der Waals surface area contributed by atoms with Crippen LogP contribution >= 0.6 is 11.8 Å². The number of aliphatic hydroxyl groups is 1. The van der Waals surface area contributed by atoms with Crippen molar-refractivity contribution < 1.29 is 14.6 Å². The molecule has 0 saturated carbocycles. The van der Waals surface area contributed by atoms with Crippen LogP contribution in [0.15, 0.2) is 24.4 Å². The number of benzene rings is 1. The molecule has 2 rings (SSSR count). The molecule has 2 N–H and O–H groups in total. The lowest BCUT2D eigenvalue weighted by Crippen LogP contribution is -2.46. The minimum Gasteiger partial charge on any atom is -0.470 e. The van der Waals surface area contributed by atoms with Gasteiger partial charge in [-0.2, -0.15) is 0 Å². The molecule has 1 aromatic heterocycles. The lowest BCUT2D eigenvalue weighted by molar-refractivity contribution is -0.125. The van der Waals surface area contributed by atoms with Crippen molar-refractivity contribution >= 4 is 28.6 Å². The molecular formula is C18H24N2O3S. The minimum atomic E-state index is -0.630. The topological polar surface area (TPSA) is 71.5 Å². The molecule has 1 atom stereocenters. The average molecular weight is 348 g/mol. The van der Waals surface area contributed by atoms with E-state index in [9.17, 15) is 9.90 Å². The second-order valence-corrected chi connectivity index (χ2v) is 7.64. The summed E-state index contributed by atoms with van der Waals surface area (Å²) in [5.74, 6) is 0.454. The Hall–Kier alpha value is -1.79. The van der Waals surface area contributed by atoms with Crippen molar-refractivity contribution in [2.45, 2.75) is 45.3 Å². The van der Waals surface area contributed by atoms with Crippen LogP contribution in [0.1, 0.15) is 31.9 Å². The van der Waals surface area contributed by atoms with Crippen LogP contribution in [0.5, 0.6) is 5.75 Å². The smallest absolute Gasteiger partial charge is 0.272 e. The van der Waals surface area contributed by atoms with Crippen LogP contribution in [0, 0.1) is 6.92 Å². The molecule has 0 aliphatic rings. The molecule has 5 nitrogen and oxygen atoms in total. The number of carbonyl (C=O) groups excluding carboxylic acids is 1. The van der Waals surface area contributed by atoms with Crippen LogP contribution < -0.4 is 10.1 Å². The Kier molecular flexibility index (Phi) is 5.72. The van der Waals surface area contributed by atoms with E-state index in [4.69, 9.17) is 4.74 Å². The summed E-state index contributed by atoms with van der Waals surface area (Å²) >= 11 is 1.34. The quantitative estimate of drug-likeness (QED) is 0.813. The van der Waals surface area contributed by atoms with Gasteiger partial charge in [0, 0.05) is 17.1 Å². The summed E-state index contributed by atoms with van der Waals surface area (Å²) in [7, 11) is 0. The zero-order chi connectivity index (χ0) is 17.9. The predicted molar refractivity (Wildman–Crippen MR) is 98.2 cm³/mol. The molecule has 1 heterocycles. The molecule has 2 aromatic rings. The third kappa shape index (κ3) is 4.61. The number of aliphatic hydroxyl groups excluding tert-OH is 1. The fourth-order valence-corrected chi connectivity index (χ4v) is 2.84. The number of thioether (sulfide) groups is 1. The second-order valence-electron chi connectivity index (χ2n) is 6.74. The van der Waals surface area contributed by atoms with Gasteiger partial charge >= 0.3 is 0 Å². The molecule has 130 valence electrons. The van der Waals surface area contributed by atoms with Crippen LogP contribution in [-0.2, 0) is 11.4 Å². The van der Waals surface area contributed by atoms with Crippen LogP contribution in [-0.4, -0.2) is 33.2 Å². The molecule has 1 aromatic carbocycles. The number of aromatic nitrogens is 1. The zero-order valence-corrected chi connectivity index (χ0v) is 15.5. The van der Waals surface area contributed by atoms with Gasteiger partial charge in [-0.05, 0) is 63.3 Å². The Morgan fingerprint density at radius 1 is 1.38 bits per heavy atom. The van der Waals surface area contributed by atoms with Crippen molar-refractivity contribution in [1.82, 2.24) is 10.3 Å². The van der Waals surface area contributed by atoms with Gasteiger partial charge in [-0.15, -0.1) is 11.8 Å². The van der Waals surface area contributed by atoms with E-state index >= 15 is 0 Å². The highest BCUT2D eigenvalue weighted by atomic mass is 32.2. The van der Waals surface area contributed by atoms with Crippen LogP contribution in [0.25, 0.3) is 10.9 Å². The third-order valence-corrected chi connectivity index (χ3v) is 4.09. The first-order valence-corrected chi connectivity index (χ1v) is 9.04. The number of ether oxygens (including phenoxy) is 1. The first-order chi connectivity index (χ1) is 11.2. The Balaban J connectivity index is 2.29. The van der Waals surface area contributed by atoms with E-state index in [1.165, 1.54) is 11.8 Å². The zero-order valence-electron chi connectivity index (χ0n) is 14.7. The normalized spacial score (nSPS) is 12.9. The van der Waals surface area contributed by atoms with E-state index in [1.807, 2.05) is 52.1 Å². The largest absolute Gasteiger partial charge is 0.470 e. The van der Waals surface area contributed by atoms with Crippen molar-refractivity contribution in [2.24, 2.45) is 0 Å². The maximum atomic E-state index is 12.3. The van der Waals surface area contributed by atoms with Crippen molar-refractivity contribution in [3.8, 4) is 5.75 Å². The van der Waals surface area contributed by atoms with Crippen molar-refractivity contribution in [2.75, 3.05) is 6.26 Å². The lowest BCUT2D eigenvalue weighted by atomic mass is 10.1. The first kappa shape index (κ1) is 18.5. The molecule has 0 saturated heterocycles. The van der Waals surface area contributed by atoms with Crippen molar-refractivity contribution in [3.05, 3.63) is 35.5 Å². The summed E-state index contributed by atoms with van der Waals surface area (Å²) in [5, 5.41) is 13.1. The standard InChI is InChI=1S/C18H24N2O3S/c1-11-6-14(8-13-7-12(10-21)9-19-15(11)13)23-17(24-5)16(22)20-18(2,3)4/h6-9,17,21H,10H2,1-5H3,(H,20,22). The van der Waals surface area contributed by atoms with E-state index in [2.05, 4.69) is 10.3 Å². The summed E-state index contributed by atoms with van der Waals surface area (Å²) < 4.78 is 5.89. The number of carbonyl (C=O) groups is 1. The fraction of sp³-hybridized carbons (Fsp3) is 0.444. The van der Waals surface area contributed by atoms with Gasteiger partial charge in [0.1, 0.15) is 5.75 Å². The number of nitrogens with one attached hydrogen (secondary N) is 1. The van der Waals surface area contributed by atoms with Gasteiger partial charge in [0.25, 0.3) is 5.91 Å². The Morgan fingerprint density at radius 2 is 2.08 bits per heavy atom. The van der Waals surface area contributed by atoms with Gasteiger partial charge in [-0.1, -0.05) is 0 Å². The summed E-state index contributed by atoms with van der Waals surface area (Å²) in [6, 6.07) is 5.61.